The minimum atomic E-state index is -4.57. The number of carbonyl (C=O) groups excluding carboxylic acids is 1. The summed E-state index contributed by atoms with van der Waals surface area (Å²) in [7, 11) is 1.46. The average molecular weight is 457 g/mol. The molecule has 2 heterocycles. The van der Waals surface area contributed by atoms with Crippen LogP contribution in [0.4, 0.5) is 17.6 Å². The number of carbonyl (C=O) groups is 1. The third-order valence-corrected chi connectivity index (χ3v) is 5.96. The number of nitrogens with one attached hydrogen (secondary N) is 1. The molecule has 3 aromatic rings. The molecule has 5 nitrogen and oxygen atoms in total. The molecule has 33 heavy (non-hydrogen) atoms. The predicted molar refractivity (Wildman–Crippen MR) is 112 cm³/mol. The van der Waals surface area contributed by atoms with Crippen LogP contribution in [0.5, 0.6) is 0 Å². The van der Waals surface area contributed by atoms with E-state index >= 15 is 4.39 Å². The highest BCUT2D eigenvalue weighted by molar-refractivity contribution is 5.98. The predicted octanol–water partition coefficient (Wildman–Crippen LogP) is 4.33. The fraction of sp³-hybridized carbons (Fsp3) is 0.292. The van der Waals surface area contributed by atoms with Crippen LogP contribution in [-0.4, -0.2) is 29.0 Å². The summed E-state index contributed by atoms with van der Waals surface area (Å²) in [6.45, 7) is 3.03. The van der Waals surface area contributed by atoms with E-state index < -0.39 is 23.3 Å². The maximum absolute atomic E-state index is 15.3. The first kappa shape index (κ1) is 22.5. The third kappa shape index (κ3) is 3.97. The van der Waals surface area contributed by atoms with Gasteiger partial charge in [0.2, 0.25) is 6.20 Å². The van der Waals surface area contributed by atoms with E-state index in [4.69, 9.17) is 5.26 Å². The summed E-state index contributed by atoms with van der Waals surface area (Å²) in [6, 6.07) is 11.2. The average Bonchev–Trinajstić information content (AvgIpc) is 3.13. The highest BCUT2D eigenvalue weighted by atomic mass is 19.4. The van der Waals surface area contributed by atoms with Crippen LogP contribution >= 0.6 is 0 Å². The molecule has 4 rings (SSSR count). The molecule has 0 aliphatic carbocycles. The fourth-order valence-corrected chi connectivity index (χ4v) is 4.20. The lowest BCUT2D eigenvalue weighted by molar-refractivity contribution is -0.726. The van der Waals surface area contributed by atoms with Gasteiger partial charge in [0.15, 0.2) is 18.3 Å². The summed E-state index contributed by atoms with van der Waals surface area (Å²) in [5, 5.41) is 11.6. The van der Waals surface area contributed by atoms with Crippen molar-refractivity contribution in [3.63, 3.8) is 0 Å². The van der Waals surface area contributed by atoms with Crippen molar-refractivity contribution in [1.82, 2.24) is 10.00 Å². The molecular weight excluding hydrogens is 436 g/mol. The molecule has 1 aliphatic rings. The molecule has 0 spiro atoms. The highest BCUT2D eigenvalue weighted by Crippen LogP contribution is 2.39. The van der Waals surface area contributed by atoms with Gasteiger partial charge in [-0.3, -0.25) is 4.79 Å². The summed E-state index contributed by atoms with van der Waals surface area (Å²) < 4.78 is 57.1. The van der Waals surface area contributed by atoms with Crippen LogP contribution in [0.15, 0.2) is 42.6 Å². The molecule has 1 aromatic heterocycles. The molecule has 2 aromatic carbocycles. The van der Waals surface area contributed by atoms with Crippen molar-refractivity contribution in [1.29, 1.82) is 5.26 Å². The number of nitriles is 1. The van der Waals surface area contributed by atoms with E-state index in [0.29, 0.717) is 22.3 Å². The van der Waals surface area contributed by atoms with Gasteiger partial charge in [0, 0.05) is 11.1 Å². The van der Waals surface area contributed by atoms with Crippen molar-refractivity contribution in [3.8, 4) is 17.3 Å². The van der Waals surface area contributed by atoms with Gasteiger partial charge in [-0.25, -0.2) is 4.39 Å². The number of amides is 1. The van der Waals surface area contributed by atoms with Crippen LogP contribution in [0.1, 0.15) is 38.2 Å². The number of aromatic amines is 1. The highest BCUT2D eigenvalue weighted by Gasteiger charge is 2.47. The molecule has 9 heteroatoms. The number of alkyl halides is 4. The summed E-state index contributed by atoms with van der Waals surface area (Å²) in [5.41, 5.74) is -0.242. The normalized spacial score (nSPS) is 15.2. The van der Waals surface area contributed by atoms with Gasteiger partial charge in [-0.2, -0.15) is 23.5 Å². The van der Waals surface area contributed by atoms with Crippen LogP contribution in [0.2, 0.25) is 0 Å². The van der Waals surface area contributed by atoms with Gasteiger partial charge >= 0.3 is 6.18 Å². The summed E-state index contributed by atoms with van der Waals surface area (Å²) in [6.07, 6.45) is -3.61. The maximum atomic E-state index is 15.3. The van der Waals surface area contributed by atoms with E-state index in [1.165, 1.54) is 47.0 Å². The number of hydrogen-bond acceptors (Lipinski definition) is 2. The molecule has 0 atom stereocenters. The van der Waals surface area contributed by atoms with Crippen molar-refractivity contribution in [2.75, 3.05) is 13.1 Å². The molecule has 0 bridgehead atoms. The Bertz CT molecular complexity index is 1280. The molecule has 170 valence electrons. The van der Waals surface area contributed by atoms with E-state index in [1.807, 2.05) is 6.07 Å². The van der Waals surface area contributed by atoms with Crippen LogP contribution in [0.25, 0.3) is 11.3 Å². The number of likely N-dealkylation sites (tertiary alicyclic amines) is 1. The zero-order chi connectivity index (χ0) is 24.1. The monoisotopic (exact) mass is 457 g/mol. The van der Waals surface area contributed by atoms with Crippen molar-refractivity contribution < 1.29 is 27.0 Å². The van der Waals surface area contributed by atoms with Gasteiger partial charge in [-0.1, -0.05) is 18.2 Å². The number of rotatable bonds is 3. The first-order chi connectivity index (χ1) is 15.4. The fourth-order valence-electron chi connectivity index (χ4n) is 4.20. The second-order valence-electron chi connectivity index (χ2n) is 8.44. The zero-order valence-corrected chi connectivity index (χ0v) is 18.2. The smallest absolute Gasteiger partial charge is 0.331 e. The number of H-pyrrole nitrogens is 1. The van der Waals surface area contributed by atoms with Crippen molar-refractivity contribution in [2.45, 2.75) is 25.7 Å². The zero-order valence-electron chi connectivity index (χ0n) is 18.2. The number of nitrogens with zero attached hydrogens (tertiary/aromatic N) is 3. The molecule has 0 unspecified atom stereocenters. The largest absolute Gasteiger partial charge is 0.424 e. The van der Waals surface area contributed by atoms with Crippen LogP contribution in [0.3, 0.4) is 0 Å². The SMILES string of the molecule is Cc1cc(C)c(-c2[nH][n+](C)cc2C(F)(F)F)cc1C(=O)N1CC(F)(c2ccc(C#N)cc2)C1. The van der Waals surface area contributed by atoms with Gasteiger partial charge in [0.05, 0.1) is 24.7 Å². The Morgan fingerprint density at radius 3 is 2.36 bits per heavy atom. The number of hydrogen-bond donors (Lipinski definition) is 1. The Labute approximate surface area is 187 Å². The first-order valence-corrected chi connectivity index (χ1v) is 10.2. The molecule has 1 amide bonds. The van der Waals surface area contributed by atoms with Gasteiger partial charge in [0.25, 0.3) is 5.91 Å². The molecule has 1 N–H and O–H groups in total. The van der Waals surface area contributed by atoms with E-state index in [0.717, 1.165) is 6.20 Å². The van der Waals surface area contributed by atoms with E-state index in [1.54, 1.807) is 19.9 Å². The molecule has 1 aliphatic heterocycles. The summed E-state index contributed by atoms with van der Waals surface area (Å²) >= 11 is 0. The quantitative estimate of drug-likeness (QED) is 0.470. The molecular formula is C24H21F4N4O+. The Balaban J connectivity index is 1.63. The van der Waals surface area contributed by atoms with Gasteiger partial charge in [-0.05, 0) is 48.7 Å². The van der Waals surface area contributed by atoms with Crippen molar-refractivity contribution >= 4 is 5.91 Å². The van der Waals surface area contributed by atoms with E-state index in [2.05, 4.69) is 5.10 Å². The summed E-state index contributed by atoms with van der Waals surface area (Å²) in [5.74, 6) is -0.444. The topological polar surface area (TPSA) is 63.8 Å². The van der Waals surface area contributed by atoms with Crippen LogP contribution in [-0.2, 0) is 18.9 Å². The number of benzene rings is 2. The van der Waals surface area contributed by atoms with Gasteiger partial charge in [-0.15, -0.1) is 4.68 Å². The Morgan fingerprint density at radius 1 is 1.15 bits per heavy atom. The Kier molecular flexibility index (Phi) is 5.27. The lowest BCUT2D eigenvalue weighted by Gasteiger charge is -2.45. The van der Waals surface area contributed by atoms with Crippen molar-refractivity contribution in [2.24, 2.45) is 7.05 Å². The van der Waals surface area contributed by atoms with E-state index in [9.17, 15) is 18.0 Å². The first-order valence-electron chi connectivity index (χ1n) is 10.2. The van der Waals surface area contributed by atoms with Crippen LogP contribution < -0.4 is 4.68 Å². The third-order valence-electron chi connectivity index (χ3n) is 5.96. The van der Waals surface area contributed by atoms with Gasteiger partial charge in [0.1, 0.15) is 5.69 Å². The van der Waals surface area contributed by atoms with Crippen molar-refractivity contribution in [3.05, 3.63) is 76.0 Å². The second-order valence-corrected chi connectivity index (χ2v) is 8.44. The standard InChI is InChI=1S/C24H20F4N4O/c1-14-8-15(2)19(9-18(14)21-20(24(26,27)28)11-31(3)30-21)22(33)32-12-23(25,13-32)17-6-4-16(10-29)5-7-17/h4-9,11H,12-13H2,1-3H3/p+1. The second kappa shape index (κ2) is 7.73. The molecule has 0 saturated carbocycles. The Morgan fingerprint density at radius 2 is 1.79 bits per heavy atom. The number of aryl methyl sites for hydroxylation is 3. The number of aromatic nitrogens is 2. The minimum Gasteiger partial charge on any atom is -0.331 e. The summed E-state index contributed by atoms with van der Waals surface area (Å²) in [4.78, 5) is 14.5. The molecule has 1 saturated heterocycles. The lowest BCUT2D eigenvalue weighted by Crippen LogP contribution is -2.58. The van der Waals surface area contributed by atoms with Gasteiger partial charge < -0.3 is 4.90 Å². The maximum Gasteiger partial charge on any atom is 0.424 e. The number of halogens is 4. The van der Waals surface area contributed by atoms with Crippen LogP contribution in [0, 0.1) is 25.2 Å². The minimum absolute atomic E-state index is 0.127. The lowest BCUT2D eigenvalue weighted by atomic mass is 9.86. The molecule has 1 fully saturated rings. The van der Waals surface area contributed by atoms with E-state index in [-0.39, 0.29) is 29.9 Å². The molecule has 0 radical (unpaired) electrons. The Hall–Kier alpha value is -3.67.